The van der Waals surface area contributed by atoms with Crippen LogP contribution < -0.4 is 15.4 Å². The maximum Gasteiger partial charge on any atom is 0.191 e. The summed E-state index contributed by atoms with van der Waals surface area (Å²) in [6.07, 6.45) is -0.746. The van der Waals surface area contributed by atoms with E-state index in [1.807, 2.05) is 6.92 Å². The van der Waals surface area contributed by atoms with E-state index in [0.29, 0.717) is 17.6 Å². The molecule has 1 aromatic heterocycles. The lowest BCUT2D eigenvalue weighted by Crippen LogP contribution is -2.39. The molecule has 0 bridgehead atoms. The second-order valence-corrected chi connectivity index (χ2v) is 6.76. The number of thiophene rings is 1. The van der Waals surface area contributed by atoms with Gasteiger partial charge in [0.15, 0.2) is 5.96 Å². The monoisotopic (exact) mass is 379 g/mol. The minimum Gasteiger partial charge on any atom is -0.491 e. The Balaban J connectivity index is 1.78. The average Bonchev–Trinajstić information content (AvgIpc) is 3.18. The van der Waals surface area contributed by atoms with E-state index < -0.39 is 6.10 Å². The van der Waals surface area contributed by atoms with Crippen molar-refractivity contribution in [3.05, 3.63) is 52.5 Å². The van der Waals surface area contributed by atoms with E-state index in [4.69, 9.17) is 4.74 Å². The number of nitrogens with zero attached hydrogens (tertiary/aromatic N) is 1. The summed E-state index contributed by atoms with van der Waals surface area (Å²) in [6.45, 7) is 5.95. The minimum atomic E-state index is -0.746. The molecule has 2 unspecified atom stereocenters. The van der Waals surface area contributed by atoms with Crippen molar-refractivity contribution in [1.29, 1.82) is 0 Å². The first kappa shape index (κ1) is 20.2. The van der Waals surface area contributed by atoms with Crippen molar-refractivity contribution in [3.8, 4) is 5.75 Å². The van der Waals surface area contributed by atoms with Crippen LogP contribution >= 0.6 is 11.3 Å². The molecule has 1 aromatic carbocycles. The lowest BCUT2D eigenvalue weighted by Gasteiger charge is -2.16. The normalized spacial score (nSPS) is 13.9. The highest BCUT2D eigenvalue weighted by Gasteiger charge is 2.09. The maximum absolute atomic E-state index is 12.9. The summed E-state index contributed by atoms with van der Waals surface area (Å²) < 4.78 is 18.3. The third-order valence-corrected chi connectivity index (χ3v) is 4.45. The molecule has 0 spiro atoms. The zero-order valence-electron chi connectivity index (χ0n) is 15.1. The van der Waals surface area contributed by atoms with Gasteiger partial charge in [-0.15, -0.1) is 0 Å². The molecule has 2 aromatic rings. The van der Waals surface area contributed by atoms with Crippen molar-refractivity contribution in [3.63, 3.8) is 0 Å². The Morgan fingerprint density at radius 2 is 2.04 bits per heavy atom. The van der Waals surface area contributed by atoms with Gasteiger partial charge in [0.05, 0.1) is 6.54 Å². The maximum atomic E-state index is 12.9. The van der Waals surface area contributed by atoms with E-state index in [1.165, 1.54) is 29.8 Å². The number of rotatable bonds is 9. The minimum absolute atomic E-state index is 0.0971. The largest absolute Gasteiger partial charge is 0.491 e. The van der Waals surface area contributed by atoms with Gasteiger partial charge in [-0.3, -0.25) is 4.99 Å². The van der Waals surface area contributed by atoms with Crippen molar-refractivity contribution in [2.45, 2.75) is 25.9 Å². The molecule has 0 radical (unpaired) electrons. The molecule has 1 heterocycles. The van der Waals surface area contributed by atoms with E-state index >= 15 is 0 Å². The average molecular weight is 380 g/mol. The van der Waals surface area contributed by atoms with Crippen molar-refractivity contribution >= 4 is 17.3 Å². The molecule has 0 aliphatic rings. The summed E-state index contributed by atoms with van der Waals surface area (Å²) in [4.78, 5) is 4.40. The van der Waals surface area contributed by atoms with Gasteiger partial charge in [0, 0.05) is 13.1 Å². The van der Waals surface area contributed by atoms with E-state index in [0.717, 1.165) is 13.1 Å². The number of guanidine groups is 1. The first-order valence-electron chi connectivity index (χ1n) is 8.69. The highest BCUT2D eigenvalue weighted by molar-refractivity contribution is 7.07. The topological polar surface area (TPSA) is 65.9 Å². The first-order valence-corrected chi connectivity index (χ1v) is 9.63. The molecule has 2 atom stereocenters. The van der Waals surface area contributed by atoms with E-state index in [2.05, 4.69) is 39.4 Å². The predicted octanol–water partition coefficient (Wildman–Crippen LogP) is 2.99. The second-order valence-electron chi connectivity index (χ2n) is 5.98. The number of halogens is 1. The van der Waals surface area contributed by atoms with Crippen LogP contribution in [0.4, 0.5) is 4.39 Å². The second kappa shape index (κ2) is 10.8. The predicted molar refractivity (Wildman–Crippen MR) is 105 cm³/mol. The van der Waals surface area contributed by atoms with Crippen LogP contribution in [0, 0.1) is 5.82 Å². The summed E-state index contributed by atoms with van der Waals surface area (Å²) >= 11 is 1.69. The van der Waals surface area contributed by atoms with E-state index in [9.17, 15) is 9.50 Å². The number of nitrogens with one attached hydrogen (secondary N) is 2. The summed E-state index contributed by atoms with van der Waals surface area (Å²) in [7, 11) is 0. The number of aliphatic hydroxyl groups excluding tert-OH is 1. The molecule has 142 valence electrons. The third kappa shape index (κ3) is 7.01. The Morgan fingerprint density at radius 1 is 1.27 bits per heavy atom. The lowest BCUT2D eigenvalue weighted by atomic mass is 10.1. The van der Waals surface area contributed by atoms with Crippen LogP contribution in [0.15, 0.2) is 46.1 Å². The molecule has 0 saturated heterocycles. The number of hydrogen-bond acceptors (Lipinski definition) is 4. The smallest absolute Gasteiger partial charge is 0.191 e. The summed E-state index contributed by atoms with van der Waals surface area (Å²) in [5, 5.41) is 20.7. The molecule has 2 rings (SSSR count). The molecule has 0 aliphatic heterocycles. The molecule has 0 fully saturated rings. The Hall–Kier alpha value is -2.12. The fourth-order valence-corrected chi connectivity index (χ4v) is 3.02. The number of ether oxygens (including phenoxy) is 1. The third-order valence-electron chi connectivity index (χ3n) is 3.75. The standard InChI is InChI=1S/C19H26FN3O2S/c1-3-21-19(22-10-14(2)15-8-9-26-13-15)23-11-17(24)12-25-18-6-4-16(20)5-7-18/h4-9,13-14,17,24H,3,10-12H2,1-2H3,(H2,21,22,23). The van der Waals surface area contributed by atoms with E-state index in [1.54, 1.807) is 11.3 Å². The summed E-state index contributed by atoms with van der Waals surface area (Å²) in [5.74, 6) is 1.23. The Kier molecular flexibility index (Phi) is 8.37. The fourth-order valence-electron chi connectivity index (χ4n) is 2.24. The zero-order chi connectivity index (χ0) is 18.8. The van der Waals surface area contributed by atoms with Crippen LogP contribution in [-0.2, 0) is 0 Å². The zero-order valence-corrected chi connectivity index (χ0v) is 15.9. The number of aliphatic imine (C=N–C) groups is 1. The number of benzene rings is 1. The van der Waals surface area contributed by atoms with Crippen LogP contribution in [0.25, 0.3) is 0 Å². The van der Waals surface area contributed by atoms with Gasteiger partial charge in [0.2, 0.25) is 0 Å². The van der Waals surface area contributed by atoms with Crippen molar-refractivity contribution in [2.75, 3.05) is 26.2 Å². The van der Waals surface area contributed by atoms with Gasteiger partial charge >= 0.3 is 0 Å². The van der Waals surface area contributed by atoms with Crippen molar-refractivity contribution in [2.24, 2.45) is 4.99 Å². The molecule has 26 heavy (non-hydrogen) atoms. The Bertz CT molecular complexity index is 662. The molecule has 0 aliphatic carbocycles. The molecule has 3 N–H and O–H groups in total. The molecule has 0 amide bonds. The van der Waals surface area contributed by atoms with Gasteiger partial charge in [-0.05, 0) is 59.5 Å². The van der Waals surface area contributed by atoms with Gasteiger partial charge in [-0.2, -0.15) is 11.3 Å². The highest BCUT2D eigenvalue weighted by Crippen LogP contribution is 2.17. The molecular weight excluding hydrogens is 353 g/mol. The van der Waals surface area contributed by atoms with Crippen LogP contribution in [0.3, 0.4) is 0 Å². The quantitative estimate of drug-likeness (QED) is 0.463. The Morgan fingerprint density at radius 3 is 2.69 bits per heavy atom. The molecular formula is C19H26FN3O2S. The van der Waals surface area contributed by atoms with Crippen LogP contribution in [0.5, 0.6) is 5.75 Å². The van der Waals surface area contributed by atoms with Crippen LogP contribution in [0.2, 0.25) is 0 Å². The first-order chi connectivity index (χ1) is 12.6. The van der Waals surface area contributed by atoms with Crippen molar-refractivity contribution < 1.29 is 14.2 Å². The van der Waals surface area contributed by atoms with Gasteiger partial charge in [-0.1, -0.05) is 6.92 Å². The number of hydrogen-bond donors (Lipinski definition) is 3. The van der Waals surface area contributed by atoms with Gasteiger partial charge < -0.3 is 20.5 Å². The molecule has 5 nitrogen and oxygen atoms in total. The van der Waals surface area contributed by atoms with E-state index in [-0.39, 0.29) is 19.0 Å². The van der Waals surface area contributed by atoms with Gasteiger partial charge in [-0.25, -0.2) is 4.39 Å². The lowest BCUT2D eigenvalue weighted by molar-refractivity contribution is 0.114. The Labute approximate surface area is 157 Å². The summed E-state index contributed by atoms with van der Waals surface area (Å²) in [6, 6.07) is 7.83. The fraction of sp³-hybridized carbons (Fsp3) is 0.421. The molecule has 0 saturated carbocycles. The SMILES string of the molecule is CCNC(=NCC(O)COc1ccc(F)cc1)NCC(C)c1ccsc1. The molecule has 7 heteroatoms. The van der Waals surface area contributed by atoms with Gasteiger partial charge in [0.1, 0.15) is 24.3 Å². The van der Waals surface area contributed by atoms with Crippen LogP contribution in [-0.4, -0.2) is 43.4 Å². The van der Waals surface area contributed by atoms with Crippen LogP contribution in [0.1, 0.15) is 25.3 Å². The highest BCUT2D eigenvalue weighted by atomic mass is 32.1. The van der Waals surface area contributed by atoms with Crippen molar-refractivity contribution in [1.82, 2.24) is 10.6 Å². The van der Waals surface area contributed by atoms with Gasteiger partial charge in [0.25, 0.3) is 0 Å². The number of aliphatic hydroxyl groups is 1. The summed E-state index contributed by atoms with van der Waals surface area (Å²) in [5.41, 5.74) is 1.30.